The van der Waals surface area contributed by atoms with Gasteiger partial charge in [-0.15, -0.1) is 5.10 Å². The molecule has 0 spiro atoms. The number of halogens is 4. The fraction of sp³-hybridized carbons (Fsp3) is 0.350. The number of carbonyl (C=O) groups excluding carboxylic acids is 1. The van der Waals surface area contributed by atoms with E-state index in [-0.39, 0.29) is 41.7 Å². The molecule has 1 aliphatic heterocycles. The van der Waals surface area contributed by atoms with Gasteiger partial charge in [0.2, 0.25) is 0 Å². The number of carbonyl (C=O) groups is 1. The molecule has 2 aliphatic rings. The van der Waals surface area contributed by atoms with Gasteiger partial charge in [-0.1, -0.05) is 0 Å². The predicted octanol–water partition coefficient (Wildman–Crippen LogP) is 3.72. The van der Waals surface area contributed by atoms with Gasteiger partial charge in [0.1, 0.15) is 29.3 Å². The Balaban J connectivity index is 1.50. The van der Waals surface area contributed by atoms with E-state index in [1.54, 1.807) is 0 Å². The van der Waals surface area contributed by atoms with Gasteiger partial charge in [0.25, 0.3) is 5.95 Å². The molecule has 31 heavy (non-hydrogen) atoms. The number of rotatable bonds is 4. The molecule has 1 aromatic carbocycles. The number of urea groups is 1. The SMILES string of the molecule is O=C(Nc1c(F)nn2ccc(N3C[C@H](F)C[C@@H]3c3cc(F)ccc3F)nc12)NC1CC1. The minimum absolute atomic E-state index is 0.0155. The third-order valence-electron chi connectivity index (χ3n) is 5.44. The fourth-order valence-corrected chi connectivity index (χ4v) is 3.83. The van der Waals surface area contributed by atoms with E-state index in [9.17, 15) is 22.4 Å². The molecule has 2 aromatic heterocycles. The van der Waals surface area contributed by atoms with Gasteiger partial charge in [0, 0.05) is 24.2 Å². The zero-order valence-electron chi connectivity index (χ0n) is 16.2. The Hall–Kier alpha value is -3.37. The van der Waals surface area contributed by atoms with E-state index in [1.165, 1.54) is 17.2 Å². The molecule has 5 rings (SSSR count). The van der Waals surface area contributed by atoms with Crippen molar-refractivity contribution in [3.63, 3.8) is 0 Å². The topological polar surface area (TPSA) is 74.6 Å². The molecule has 0 unspecified atom stereocenters. The smallest absolute Gasteiger partial charge is 0.319 e. The minimum atomic E-state index is -1.28. The summed E-state index contributed by atoms with van der Waals surface area (Å²) in [5, 5.41) is 8.79. The predicted molar refractivity (Wildman–Crippen MR) is 104 cm³/mol. The second kappa shape index (κ2) is 7.40. The number of alkyl halides is 1. The lowest BCUT2D eigenvalue weighted by molar-refractivity contribution is 0.251. The van der Waals surface area contributed by atoms with Crippen LogP contribution in [0.15, 0.2) is 30.5 Å². The zero-order valence-corrected chi connectivity index (χ0v) is 16.2. The summed E-state index contributed by atoms with van der Waals surface area (Å²) in [4.78, 5) is 17.9. The van der Waals surface area contributed by atoms with Crippen LogP contribution in [0.25, 0.3) is 5.65 Å². The van der Waals surface area contributed by atoms with E-state index in [1.807, 2.05) is 0 Å². The maximum atomic E-state index is 14.4. The summed E-state index contributed by atoms with van der Waals surface area (Å²) in [5.41, 5.74) is -0.185. The third-order valence-corrected chi connectivity index (χ3v) is 5.44. The number of nitrogens with one attached hydrogen (secondary N) is 2. The van der Waals surface area contributed by atoms with E-state index in [0.29, 0.717) is 0 Å². The van der Waals surface area contributed by atoms with Crippen LogP contribution in [0.5, 0.6) is 0 Å². The highest BCUT2D eigenvalue weighted by atomic mass is 19.1. The standard InChI is InChI=1S/C20H18F4N6O/c21-10-1-4-14(23)13(7-10)15-8-11(22)9-29(15)16-5-6-30-19(26-16)17(18(24)28-30)27-20(31)25-12-2-3-12/h1,4-7,11-12,15H,2-3,8-9H2,(H2,25,27,31)/t11-,15-/m1/s1. The van der Waals surface area contributed by atoms with Gasteiger partial charge in [0.05, 0.1) is 12.6 Å². The van der Waals surface area contributed by atoms with Crippen LogP contribution >= 0.6 is 0 Å². The summed E-state index contributed by atoms with van der Waals surface area (Å²) >= 11 is 0. The summed E-state index contributed by atoms with van der Waals surface area (Å²) in [5.74, 6) is -1.98. The molecule has 1 saturated heterocycles. The molecule has 2 N–H and O–H groups in total. The van der Waals surface area contributed by atoms with Crippen molar-refractivity contribution in [2.45, 2.75) is 37.5 Å². The molecule has 3 heterocycles. The molecular formula is C20H18F4N6O. The Morgan fingerprint density at radius 2 is 1.97 bits per heavy atom. The van der Waals surface area contributed by atoms with Crippen molar-refractivity contribution in [1.29, 1.82) is 0 Å². The van der Waals surface area contributed by atoms with E-state index >= 15 is 0 Å². The number of hydrogen-bond donors (Lipinski definition) is 2. The van der Waals surface area contributed by atoms with Gasteiger partial charge >= 0.3 is 6.03 Å². The van der Waals surface area contributed by atoms with E-state index in [4.69, 9.17) is 0 Å². The lowest BCUT2D eigenvalue weighted by Gasteiger charge is -2.26. The third kappa shape index (κ3) is 3.75. The molecule has 7 nitrogen and oxygen atoms in total. The first-order chi connectivity index (χ1) is 14.9. The first-order valence-electron chi connectivity index (χ1n) is 9.87. The number of hydrogen-bond acceptors (Lipinski definition) is 4. The van der Waals surface area contributed by atoms with Crippen molar-refractivity contribution >= 4 is 23.2 Å². The highest BCUT2D eigenvalue weighted by Crippen LogP contribution is 2.38. The van der Waals surface area contributed by atoms with Crippen LogP contribution in [0.1, 0.15) is 30.9 Å². The molecule has 1 saturated carbocycles. The summed E-state index contributed by atoms with van der Waals surface area (Å²) in [6.45, 7) is -0.0919. The van der Waals surface area contributed by atoms with Crippen molar-refractivity contribution < 1.29 is 22.4 Å². The highest BCUT2D eigenvalue weighted by Gasteiger charge is 2.36. The molecule has 2 amide bonds. The molecule has 2 fully saturated rings. The zero-order chi connectivity index (χ0) is 21.7. The molecule has 0 radical (unpaired) electrons. The van der Waals surface area contributed by atoms with Crippen LogP contribution < -0.4 is 15.5 Å². The van der Waals surface area contributed by atoms with Crippen LogP contribution in [-0.4, -0.2) is 39.4 Å². The summed E-state index contributed by atoms with van der Waals surface area (Å²) in [7, 11) is 0. The first-order valence-corrected chi connectivity index (χ1v) is 9.87. The molecule has 1 aliphatic carbocycles. The van der Waals surface area contributed by atoms with Gasteiger partial charge in [-0.05, 0) is 37.1 Å². The van der Waals surface area contributed by atoms with Gasteiger partial charge in [-0.2, -0.15) is 4.39 Å². The number of nitrogens with zero attached hydrogens (tertiary/aromatic N) is 4. The van der Waals surface area contributed by atoms with Crippen LogP contribution in [0.4, 0.5) is 33.9 Å². The quantitative estimate of drug-likeness (QED) is 0.614. The van der Waals surface area contributed by atoms with E-state index in [2.05, 4.69) is 20.7 Å². The Morgan fingerprint density at radius 1 is 1.16 bits per heavy atom. The Bertz CT molecular complexity index is 1160. The van der Waals surface area contributed by atoms with Crippen molar-refractivity contribution in [3.8, 4) is 0 Å². The van der Waals surface area contributed by atoms with Crippen LogP contribution in [-0.2, 0) is 0 Å². The highest BCUT2D eigenvalue weighted by molar-refractivity contribution is 5.93. The maximum Gasteiger partial charge on any atom is 0.319 e. The van der Waals surface area contributed by atoms with Crippen LogP contribution in [0.2, 0.25) is 0 Å². The lowest BCUT2D eigenvalue weighted by Crippen LogP contribution is -2.30. The Kier molecular flexibility index (Phi) is 4.67. The van der Waals surface area contributed by atoms with Gasteiger partial charge < -0.3 is 15.5 Å². The molecular weight excluding hydrogens is 416 g/mol. The minimum Gasteiger partial charge on any atom is -0.346 e. The summed E-state index contributed by atoms with van der Waals surface area (Å²) < 4.78 is 57.9. The number of fused-ring (bicyclic) bond motifs is 1. The fourth-order valence-electron chi connectivity index (χ4n) is 3.83. The Labute approximate surface area is 174 Å². The average Bonchev–Trinajstić information content (AvgIpc) is 3.38. The number of anilines is 2. The lowest BCUT2D eigenvalue weighted by atomic mass is 10.0. The summed E-state index contributed by atoms with van der Waals surface area (Å²) in [6, 6.07) is 3.22. The number of aromatic nitrogens is 3. The van der Waals surface area contributed by atoms with Crippen molar-refractivity contribution in [1.82, 2.24) is 19.9 Å². The maximum absolute atomic E-state index is 14.4. The van der Waals surface area contributed by atoms with Gasteiger partial charge in [-0.3, -0.25) is 0 Å². The first kappa shape index (κ1) is 19.6. The van der Waals surface area contributed by atoms with Crippen molar-refractivity contribution in [2.24, 2.45) is 0 Å². The van der Waals surface area contributed by atoms with Crippen molar-refractivity contribution in [3.05, 3.63) is 53.6 Å². The van der Waals surface area contributed by atoms with Crippen molar-refractivity contribution in [2.75, 3.05) is 16.8 Å². The monoisotopic (exact) mass is 434 g/mol. The number of amides is 2. The molecule has 162 valence electrons. The van der Waals surface area contributed by atoms with Gasteiger partial charge in [-0.25, -0.2) is 27.5 Å². The van der Waals surface area contributed by atoms with Crippen LogP contribution in [0, 0.1) is 17.6 Å². The van der Waals surface area contributed by atoms with Gasteiger partial charge in [0.15, 0.2) is 5.65 Å². The molecule has 0 bridgehead atoms. The van der Waals surface area contributed by atoms with E-state index in [0.717, 1.165) is 35.6 Å². The average molecular weight is 434 g/mol. The van der Waals surface area contributed by atoms with E-state index < -0.39 is 35.8 Å². The largest absolute Gasteiger partial charge is 0.346 e. The second-order valence-corrected chi connectivity index (χ2v) is 7.76. The van der Waals surface area contributed by atoms with Crippen LogP contribution in [0.3, 0.4) is 0 Å². The molecule has 2 atom stereocenters. The summed E-state index contributed by atoms with van der Waals surface area (Å²) in [6.07, 6.45) is 1.81. The second-order valence-electron chi connectivity index (χ2n) is 7.76. The molecule has 11 heteroatoms. The number of benzene rings is 1. The Morgan fingerprint density at radius 3 is 2.74 bits per heavy atom. The normalized spacial score (nSPS) is 21.0. The molecule has 3 aromatic rings.